The molecule has 0 rings (SSSR count). The summed E-state index contributed by atoms with van der Waals surface area (Å²) >= 11 is 0. The predicted octanol–water partition coefficient (Wildman–Crippen LogP) is 2.11. The van der Waals surface area contributed by atoms with Crippen LogP contribution >= 0.6 is 0 Å². The van der Waals surface area contributed by atoms with Crippen LogP contribution in [0.25, 0.3) is 0 Å². The van der Waals surface area contributed by atoms with Gasteiger partial charge in [-0.1, -0.05) is 13.3 Å². The summed E-state index contributed by atoms with van der Waals surface area (Å²) in [7, 11) is 0. The van der Waals surface area contributed by atoms with Gasteiger partial charge in [0.25, 0.3) is 0 Å². The summed E-state index contributed by atoms with van der Waals surface area (Å²) in [6, 6.07) is 0. The van der Waals surface area contributed by atoms with E-state index in [1.165, 1.54) is 0 Å². The molecule has 1 N–H and O–H groups in total. The Bertz CT molecular complexity index is 234. The minimum absolute atomic E-state index is 0.0544. The molecule has 126 valence electrons. The van der Waals surface area contributed by atoms with Crippen LogP contribution in [0.5, 0.6) is 0 Å². The third kappa shape index (κ3) is 17.3. The topological polar surface area (TPSA) is 74.2 Å². The first kappa shape index (κ1) is 20.3. The lowest BCUT2D eigenvalue weighted by Crippen LogP contribution is -2.16. The van der Waals surface area contributed by atoms with Crippen LogP contribution in [-0.2, 0) is 23.7 Å². The Morgan fingerprint density at radius 1 is 0.952 bits per heavy atom. The van der Waals surface area contributed by atoms with E-state index >= 15 is 0 Å². The Morgan fingerprint density at radius 3 is 2.00 bits per heavy atom. The standard InChI is InChI=1S/C15H30O6/c1-3-4-7-18-8-9-19-10-11-20-12-13-21-14(2)5-6-15(16)17/h14H,3-13H2,1-2H3,(H,16,17). The molecule has 0 aromatic heterocycles. The van der Waals surface area contributed by atoms with Crippen LogP contribution in [0.3, 0.4) is 0 Å². The van der Waals surface area contributed by atoms with Crippen LogP contribution in [-0.4, -0.2) is 63.4 Å². The Balaban J connectivity index is 3.10. The van der Waals surface area contributed by atoms with Crippen LogP contribution in [0, 0.1) is 0 Å². The molecule has 1 unspecified atom stereocenters. The van der Waals surface area contributed by atoms with Gasteiger partial charge in [0.15, 0.2) is 0 Å². The molecule has 0 aliphatic rings. The summed E-state index contributed by atoms with van der Waals surface area (Å²) in [5, 5.41) is 8.53. The van der Waals surface area contributed by atoms with Gasteiger partial charge in [0.05, 0.1) is 45.7 Å². The molecule has 0 saturated heterocycles. The average molecular weight is 306 g/mol. The molecule has 0 aliphatic carbocycles. The number of carboxylic acid groups (broad SMARTS) is 1. The molecule has 6 nitrogen and oxygen atoms in total. The molecule has 0 radical (unpaired) electrons. The van der Waals surface area contributed by atoms with Gasteiger partial charge in [-0.2, -0.15) is 0 Å². The minimum Gasteiger partial charge on any atom is -0.481 e. The molecule has 0 spiro atoms. The fourth-order valence-corrected chi connectivity index (χ4v) is 1.51. The van der Waals surface area contributed by atoms with Crippen LogP contribution in [0.4, 0.5) is 0 Å². The Morgan fingerprint density at radius 2 is 1.48 bits per heavy atom. The molecule has 6 heteroatoms. The second-order valence-corrected chi connectivity index (χ2v) is 4.80. The first-order valence-electron chi connectivity index (χ1n) is 7.73. The lowest BCUT2D eigenvalue weighted by molar-refractivity contribution is -0.137. The Hall–Kier alpha value is -0.690. The van der Waals surface area contributed by atoms with E-state index in [1.54, 1.807) is 0 Å². The lowest BCUT2D eigenvalue weighted by atomic mass is 10.2. The lowest BCUT2D eigenvalue weighted by Gasteiger charge is -2.12. The van der Waals surface area contributed by atoms with E-state index in [-0.39, 0.29) is 12.5 Å². The monoisotopic (exact) mass is 306 g/mol. The van der Waals surface area contributed by atoms with Gasteiger partial charge in [-0.05, 0) is 19.8 Å². The molecule has 0 saturated carbocycles. The van der Waals surface area contributed by atoms with Crippen molar-refractivity contribution in [1.29, 1.82) is 0 Å². The number of carbonyl (C=O) groups is 1. The summed E-state index contributed by atoms with van der Waals surface area (Å²) in [6.45, 7) is 8.06. The van der Waals surface area contributed by atoms with Crippen molar-refractivity contribution in [3.63, 3.8) is 0 Å². The molecule has 0 fully saturated rings. The maximum atomic E-state index is 10.4. The van der Waals surface area contributed by atoms with Gasteiger partial charge in [-0.3, -0.25) is 4.79 Å². The highest BCUT2D eigenvalue weighted by atomic mass is 16.6. The molecular weight excluding hydrogens is 276 g/mol. The second-order valence-electron chi connectivity index (χ2n) is 4.80. The van der Waals surface area contributed by atoms with Gasteiger partial charge in [0.2, 0.25) is 0 Å². The first-order valence-corrected chi connectivity index (χ1v) is 7.73. The molecule has 0 amide bonds. The maximum Gasteiger partial charge on any atom is 0.303 e. The van der Waals surface area contributed by atoms with Crippen molar-refractivity contribution in [3.05, 3.63) is 0 Å². The molecule has 1 atom stereocenters. The highest BCUT2D eigenvalue weighted by Crippen LogP contribution is 2.01. The van der Waals surface area contributed by atoms with E-state index in [4.69, 9.17) is 24.1 Å². The zero-order valence-electron chi connectivity index (χ0n) is 13.3. The quantitative estimate of drug-likeness (QED) is 0.440. The second kappa shape index (κ2) is 15.7. The Kier molecular flexibility index (Phi) is 15.2. The molecule has 0 aromatic carbocycles. The van der Waals surface area contributed by atoms with Gasteiger partial charge in [-0.15, -0.1) is 0 Å². The molecule has 0 aliphatic heterocycles. The summed E-state index contributed by atoms with van der Waals surface area (Å²) in [5.41, 5.74) is 0. The van der Waals surface area contributed by atoms with Crippen molar-refractivity contribution in [2.75, 3.05) is 46.2 Å². The fourth-order valence-electron chi connectivity index (χ4n) is 1.51. The maximum absolute atomic E-state index is 10.4. The predicted molar refractivity (Wildman–Crippen MR) is 79.6 cm³/mol. The van der Waals surface area contributed by atoms with Gasteiger partial charge in [0.1, 0.15) is 0 Å². The fraction of sp³-hybridized carbons (Fsp3) is 0.933. The third-order valence-electron chi connectivity index (χ3n) is 2.78. The van der Waals surface area contributed by atoms with Crippen LogP contribution in [0.15, 0.2) is 0 Å². The number of hydrogen-bond donors (Lipinski definition) is 1. The van der Waals surface area contributed by atoms with Gasteiger partial charge < -0.3 is 24.1 Å². The number of ether oxygens (including phenoxy) is 4. The van der Waals surface area contributed by atoms with E-state index in [0.717, 1.165) is 19.4 Å². The van der Waals surface area contributed by atoms with Crippen LogP contribution in [0.2, 0.25) is 0 Å². The number of unbranched alkanes of at least 4 members (excludes halogenated alkanes) is 1. The van der Waals surface area contributed by atoms with Gasteiger partial charge >= 0.3 is 5.97 Å². The summed E-state index contributed by atoms with van der Waals surface area (Å²) in [4.78, 5) is 10.4. The Labute approximate surface area is 127 Å². The molecule has 0 bridgehead atoms. The van der Waals surface area contributed by atoms with Crippen molar-refractivity contribution in [1.82, 2.24) is 0 Å². The third-order valence-corrected chi connectivity index (χ3v) is 2.78. The van der Waals surface area contributed by atoms with Crippen LogP contribution < -0.4 is 0 Å². The van der Waals surface area contributed by atoms with Crippen molar-refractivity contribution < 1.29 is 28.8 Å². The minimum atomic E-state index is -0.794. The number of carboxylic acids is 1. The van der Waals surface area contributed by atoms with Gasteiger partial charge in [0, 0.05) is 13.0 Å². The largest absolute Gasteiger partial charge is 0.481 e. The molecule has 0 heterocycles. The zero-order chi connectivity index (χ0) is 15.8. The number of hydrogen-bond acceptors (Lipinski definition) is 5. The van der Waals surface area contributed by atoms with Crippen molar-refractivity contribution >= 4 is 5.97 Å². The van der Waals surface area contributed by atoms with E-state index in [9.17, 15) is 4.79 Å². The van der Waals surface area contributed by atoms with Gasteiger partial charge in [-0.25, -0.2) is 0 Å². The van der Waals surface area contributed by atoms with E-state index in [2.05, 4.69) is 6.92 Å². The van der Waals surface area contributed by atoms with Crippen LogP contribution in [0.1, 0.15) is 39.5 Å². The molecule has 0 aromatic rings. The zero-order valence-corrected chi connectivity index (χ0v) is 13.3. The number of aliphatic carboxylic acids is 1. The average Bonchev–Trinajstić information content (AvgIpc) is 2.46. The summed E-state index contributed by atoms with van der Waals surface area (Å²) in [5.74, 6) is -0.794. The SMILES string of the molecule is CCCCOCCOCCOCCOC(C)CCC(=O)O. The van der Waals surface area contributed by atoms with Crippen molar-refractivity contribution in [3.8, 4) is 0 Å². The molecular formula is C15H30O6. The number of rotatable bonds is 16. The molecule has 21 heavy (non-hydrogen) atoms. The van der Waals surface area contributed by atoms with E-state index in [0.29, 0.717) is 46.1 Å². The normalized spacial score (nSPS) is 12.5. The summed E-state index contributed by atoms with van der Waals surface area (Å²) < 4.78 is 21.5. The highest BCUT2D eigenvalue weighted by molar-refractivity contribution is 5.66. The summed E-state index contributed by atoms with van der Waals surface area (Å²) in [6.07, 6.45) is 2.84. The smallest absolute Gasteiger partial charge is 0.303 e. The van der Waals surface area contributed by atoms with E-state index < -0.39 is 5.97 Å². The highest BCUT2D eigenvalue weighted by Gasteiger charge is 2.05. The first-order chi connectivity index (χ1) is 10.2. The van der Waals surface area contributed by atoms with Crippen molar-refractivity contribution in [2.24, 2.45) is 0 Å². The van der Waals surface area contributed by atoms with E-state index in [1.807, 2.05) is 6.92 Å². The van der Waals surface area contributed by atoms with Crippen molar-refractivity contribution in [2.45, 2.75) is 45.6 Å².